The minimum absolute atomic E-state index is 0.650. The summed E-state index contributed by atoms with van der Waals surface area (Å²) in [5.74, 6) is 0. The third-order valence-electron chi connectivity index (χ3n) is 2.59. The lowest BCUT2D eigenvalue weighted by atomic mass is 10.1. The lowest BCUT2D eigenvalue weighted by Gasteiger charge is -1.99. The molecule has 0 aliphatic rings. The zero-order chi connectivity index (χ0) is 11.1. The highest BCUT2D eigenvalue weighted by atomic mass is 79.9. The van der Waals surface area contributed by atoms with Crippen molar-refractivity contribution in [2.45, 2.75) is 0 Å². The summed E-state index contributed by atoms with van der Waals surface area (Å²) in [5, 5.41) is 7.96. The molecule has 0 bridgehead atoms. The van der Waals surface area contributed by atoms with Crippen molar-refractivity contribution >= 4 is 32.5 Å². The Labute approximate surface area is 100.0 Å². The fourth-order valence-electron chi connectivity index (χ4n) is 1.85. The molecule has 0 fully saturated rings. The molecule has 16 heavy (non-hydrogen) atoms. The molecule has 3 rings (SSSR count). The van der Waals surface area contributed by atoms with Crippen molar-refractivity contribution in [2.75, 3.05) is 5.73 Å². The number of hydrogen-bond donors (Lipinski definition) is 3. The molecule has 4 nitrogen and oxygen atoms in total. The van der Waals surface area contributed by atoms with Crippen LogP contribution >= 0.6 is 15.9 Å². The predicted molar refractivity (Wildman–Crippen MR) is 68.0 cm³/mol. The van der Waals surface area contributed by atoms with E-state index in [0.717, 1.165) is 26.6 Å². The second-order valence-corrected chi connectivity index (χ2v) is 4.42. The molecule has 0 atom stereocenters. The molecule has 4 N–H and O–H groups in total. The number of benzene rings is 1. The zero-order valence-electron chi connectivity index (χ0n) is 8.29. The normalized spacial score (nSPS) is 11.1. The number of aromatic amines is 2. The average Bonchev–Trinajstić information content (AvgIpc) is 2.84. The van der Waals surface area contributed by atoms with Crippen LogP contribution in [-0.2, 0) is 0 Å². The van der Waals surface area contributed by atoms with E-state index in [9.17, 15) is 0 Å². The van der Waals surface area contributed by atoms with Gasteiger partial charge in [0, 0.05) is 27.1 Å². The Bertz CT molecular complexity index is 653. The number of H-pyrrole nitrogens is 2. The molecule has 5 heteroatoms. The Morgan fingerprint density at radius 1 is 1.31 bits per heavy atom. The molecule has 0 aliphatic heterocycles. The van der Waals surface area contributed by atoms with Crippen LogP contribution in [0.5, 0.6) is 0 Å². The van der Waals surface area contributed by atoms with Crippen LogP contribution in [0.1, 0.15) is 0 Å². The number of anilines is 1. The van der Waals surface area contributed by atoms with Crippen molar-refractivity contribution in [1.82, 2.24) is 15.2 Å². The van der Waals surface area contributed by atoms with Crippen molar-refractivity contribution in [3.63, 3.8) is 0 Å². The summed E-state index contributed by atoms with van der Waals surface area (Å²) in [5.41, 5.74) is 9.44. The van der Waals surface area contributed by atoms with Gasteiger partial charge in [-0.05, 0) is 12.1 Å². The molecule has 80 valence electrons. The number of nitrogens with two attached hydrogens (primary N) is 1. The van der Waals surface area contributed by atoms with Crippen molar-refractivity contribution < 1.29 is 0 Å². The van der Waals surface area contributed by atoms with Gasteiger partial charge in [-0.2, -0.15) is 5.10 Å². The van der Waals surface area contributed by atoms with Crippen molar-refractivity contribution in [3.8, 4) is 11.3 Å². The Balaban J connectivity index is 2.37. The third-order valence-corrected chi connectivity index (χ3v) is 3.25. The molecule has 0 saturated carbocycles. The topological polar surface area (TPSA) is 70.5 Å². The van der Waals surface area contributed by atoms with Crippen LogP contribution in [0.15, 0.2) is 35.1 Å². The summed E-state index contributed by atoms with van der Waals surface area (Å²) in [6, 6.07) is 6.02. The summed E-state index contributed by atoms with van der Waals surface area (Å²) in [6.45, 7) is 0. The summed E-state index contributed by atoms with van der Waals surface area (Å²) < 4.78 is 1.04. The Kier molecular flexibility index (Phi) is 2.00. The first-order valence-corrected chi connectivity index (χ1v) is 5.61. The molecule has 2 heterocycles. The van der Waals surface area contributed by atoms with Gasteiger partial charge in [-0.3, -0.25) is 5.10 Å². The Hall–Kier alpha value is -1.75. The fourth-order valence-corrected chi connectivity index (χ4v) is 2.43. The number of halogens is 1. The molecule has 0 aliphatic carbocycles. The van der Waals surface area contributed by atoms with Crippen LogP contribution < -0.4 is 5.73 Å². The number of aromatic nitrogens is 3. The smallest absolute Gasteiger partial charge is 0.0901 e. The standard InChI is InChI=1S/C11H9BrN4/c12-7-2-1-3-9-10(7)6(4-14-9)11-8(13)5-15-16-11/h1-5,14H,13H2,(H,15,16). The van der Waals surface area contributed by atoms with Crippen LogP contribution in [0, 0.1) is 0 Å². The van der Waals surface area contributed by atoms with Crippen molar-refractivity contribution in [2.24, 2.45) is 0 Å². The van der Waals surface area contributed by atoms with Crippen molar-refractivity contribution in [3.05, 3.63) is 35.1 Å². The van der Waals surface area contributed by atoms with Gasteiger partial charge in [0.15, 0.2) is 0 Å². The van der Waals surface area contributed by atoms with Gasteiger partial charge in [-0.15, -0.1) is 0 Å². The van der Waals surface area contributed by atoms with Crippen LogP contribution in [0.4, 0.5) is 5.69 Å². The number of fused-ring (bicyclic) bond motifs is 1. The summed E-state index contributed by atoms with van der Waals surface area (Å²) in [6.07, 6.45) is 3.55. The first kappa shape index (κ1) is 9.47. The van der Waals surface area contributed by atoms with E-state index in [4.69, 9.17) is 5.73 Å². The zero-order valence-corrected chi connectivity index (χ0v) is 9.88. The maximum absolute atomic E-state index is 5.85. The number of nitrogens with zero attached hydrogens (tertiary/aromatic N) is 1. The van der Waals surface area contributed by atoms with Crippen LogP contribution in [0.3, 0.4) is 0 Å². The van der Waals surface area contributed by atoms with E-state index in [1.54, 1.807) is 6.20 Å². The second kappa shape index (κ2) is 3.38. The number of nitrogens with one attached hydrogen (secondary N) is 2. The van der Waals surface area contributed by atoms with E-state index in [0.29, 0.717) is 5.69 Å². The summed E-state index contributed by atoms with van der Waals surface area (Å²) in [4.78, 5) is 3.21. The molecule has 1 aromatic carbocycles. The van der Waals surface area contributed by atoms with Crippen LogP contribution in [-0.4, -0.2) is 15.2 Å². The number of nitrogen functional groups attached to an aromatic ring is 1. The summed E-state index contributed by atoms with van der Waals surface area (Å²) >= 11 is 3.54. The van der Waals surface area contributed by atoms with Gasteiger partial charge >= 0.3 is 0 Å². The van der Waals surface area contributed by atoms with E-state index >= 15 is 0 Å². The molecule has 0 spiro atoms. The van der Waals surface area contributed by atoms with Crippen molar-refractivity contribution in [1.29, 1.82) is 0 Å². The van der Waals surface area contributed by atoms with Gasteiger partial charge in [0.1, 0.15) is 0 Å². The molecule has 0 radical (unpaired) electrons. The maximum atomic E-state index is 5.85. The van der Waals surface area contributed by atoms with E-state index in [2.05, 4.69) is 31.1 Å². The van der Waals surface area contributed by atoms with Crippen LogP contribution in [0.2, 0.25) is 0 Å². The van der Waals surface area contributed by atoms with Gasteiger partial charge in [-0.25, -0.2) is 0 Å². The molecule has 0 saturated heterocycles. The molecular formula is C11H9BrN4. The molecular weight excluding hydrogens is 268 g/mol. The highest BCUT2D eigenvalue weighted by Crippen LogP contribution is 2.34. The lowest BCUT2D eigenvalue weighted by Crippen LogP contribution is -1.85. The Morgan fingerprint density at radius 3 is 2.94 bits per heavy atom. The van der Waals surface area contributed by atoms with Gasteiger partial charge in [0.05, 0.1) is 17.6 Å². The lowest BCUT2D eigenvalue weighted by molar-refractivity contribution is 1.10. The average molecular weight is 277 g/mol. The SMILES string of the molecule is Nc1cn[nH]c1-c1c[nH]c2cccc(Br)c12. The molecule has 0 amide bonds. The Morgan fingerprint density at radius 2 is 2.19 bits per heavy atom. The highest BCUT2D eigenvalue weighted by molar-refractivity contribution is 9.10. The van der Waals surface area contributed by atoms with Gasteiger partial charge in [0.25, 0.3) is 0 Å². The minimum atomic E-state index is 0.650. The first-order chi connectivity index (χ1) is 7.77. The predicted octanol–water partition coefficient (Wildman–Crippen LogP) is 2.90. The minimum Gasteiger partial charge on any atom is -0.396 e. The molecule has 2 aromatic heterocycles. The van der Waals surface area contributed by atoms with Gasteiger partial charge < -0.3 is 10.7 Å². The van der Waals surface area contributed by atoms with E-state index in [1.807, 2.05) is 24.4 Å². The highest BCUT2D eigenvalue weighted by Gasteiger charge is 2.12. The van der Waals surface area contributed by atoms with E-state index in [1.165, 1.54) is 0 Å². The molecule has 0 unspecified atom stereocenters. The van der Waals surface area contributed by atoms with Crippen LogP contribution in [0.25, 0.3) is 22.2 Å². The largest absolute Gasteiger partial charge is 0.396 e. The fraction of sp³-hybridized carbons (Fsp3) is 0. The summed E-state index contributed by atoms with van der Waals surface area (Å²) in [7, 11) is 0. The monoisotopic (exact) mass is 276 g/mol. The van der Waals surface area contributed by atoms with E-state index < -0.39 is 0 Å². The quantitative estimate of drug-likeness (QED) is 0.640. The molecule has 3 aromatic rings. The third kappa shape index (κ3) is 1.25. The van der Waals surface area contributed by atoms with E-state index in [-0.39, 0.29) is 0 Å². The number of hydrogen-bond acceptors (Lipinski definition) is 2. The second-order valence-electron chi connectivity index (χ2n) is 3.57. The first-order valence-electron chi connectivity index (χ1n) is 4.82. The number of rotatable bonds is 1. The van der Waals surface area contributed by atoms with Gasteiger partial charge in [-0.1, -0.05) is 22.0 Å². The van der Waals surface area contributed by atoms with Gasteiger partial charge in [0.2, 0.25) is 0 Å². The maximum Gasteiger partial charge on any atom is 0.0901 e.